The molecule has 1 N–H and O–H groups in total. The monoisotopic (exact) mass is 593 g/mol. The highest BCUT2D eigenvalue weighted by Crippen LogP contribution is 2.52. The number of nitrogens with zero attached hydrogens (tertiary/aromatic N) is 2. The molecule has 2 aromatic rings. The van der Waals surface area contributed by atoms with Crippen molar-refractivity contribution in [2.75, 3.05) is 6.54 Å². The molecule has 188 valence electrons. The van der Waals surface area contributed by atoms with E-state index in [4.69, 9.17) is 11.6 Å². The molecule has 3 aliphatic rings. The van der Waals surface area contributed by atoms with Crippen molar-refractivity contribution in [3.05, 3.63) is 63.3 Å². The summed E-state index contributed by atoms with van der Waals surface area (Å²) in [4.78, 5) is 28.4. The lowest BCUT2D eigenvalue weighted by Gasteiger charge is -2.29. The van der Waals surface area contributed by atoms with Crippen LogP contribution in [0.5, 0.6) is 0 Å². The Balaban J connectivity index is 1.50. The van der Waals surface area contributed by atoms with Crippen LogP contribution in [0.2, 0.25) is 5.02 Å². The molecule has 36 heavy (non-hydrogen) atoms. The highest BCUT2D eigenvalue weighted by molar-refractivity contribution is 9.10. The topological polar surface area (TPSA) is 107 Å². The van der Waals surface area contributed by atoms with Gasteiger partial charge < -0.3 is 10.2 Å². The number of nitriles is 1. The number of amides is 2. The molecule has 0 radical (unpaired) electrons. The fraction of sp³-hybridized carbons (Fsp3) is 0.400. The zero-order valence-electron chi connectivity index (χ0n) is 19.0. The lowest BCUT2D eigenvalue weighted by molar-refractivity contribution is -0.140. The van der Waals surface area contributed by atoms with Crippen molar-refractivity contribution in [2.45, 2.75) is 59.2 Å². The van der Waals surface area contributed by atoms with Crippen molar-refractivity contribution in [1.82, 2.24) is 10.2 Å². The molecule has 3 fully saturated rings. The van der Waals surface area contributed by atoms with Crippen LogP contribution in [0.1, 0.15) is 37.7 Å². The highest BCUT2D eigenvalue weighted by Gasteiger charge is 2.59. The molecule has 1 saturated heterocycles. The fourth-order valence-electron chi connectivity index (χ4n) is 4.94. The number of nitrogens with one attached hydrogen (secondary N) is 1. The Morgan fingerprint density at radius 1 is 1.17 bits per heavy atom. The molecule has 0 spiro atoms. The van der Waals surface area contributed by atoms with Gasteiger partial charge in [-0.25, -0.2) is 12.8 Å². The molecule has 2 saturated carbocycles. The van der Waals surface area contributed by atoms with Gasteiger partial charge in [-0.05, 0) is 56.4 Å². The minimum atomic E-state index is -3.99. The van der Waals surface area contributed by atoms with E-state index in [0.717, 1.165) is 0 Å². The third-order valence-electron chi connectivity index (χ3n) is 7.34. The number of halogens is 3. The van der Waals surface area contributed by atoms with Crippen LogP contribution in [0.25, 0.3) is 0 Å². The maximum atomic E-state index is 14.9. The second kappa shape index (κ2) is 8.82. The first-order valence-corrected chi connectivity index (χ1v) is 14.2. The predicted molar refractivity (Wildman–Crippen MR) is 133 cm³/mol. The number of hydrogen-bond acceptors (Lipinski definition) is 5. The van der Waals surface area contributed by atoms with Gasteiger partial charge in [0.25, 0.3) is 0 Å². The number of sulfone groups is 1. The van der Waals surface area contributed by atoms with Gasteiger partial charge in [-0.2, -0.15) is 5.26 Å². The summed E-state index contributed by atoms with van der Waals surface area (Å²) in [7, 11) is -3.99. The minimum absolute atomic E-state index is 0.0558. The number of carbonyl (C=O) groups is 2. The Morgan fingerprint density at radius 3 is 2.44 bits per heavy atom. The first kappa shape index (κ1) is 25.2. The van der Waals surface area contributed by atoms with Gasteiger partial charge in [0.1, 0.15) is 17.4 Å². The standard InChI is InChI=1S/C25H22BrClFN3O4S/c26-15-5-6-17(19(28)11-15)25(9-10-25)23(33)31-13-16(36(34,35)21-4-2-1-3-18(21)27)12-20(31)22(32)30-24(14-29)7-8-24/h1-6,11,16,20H,7-10,12-13H2,(H,30,32)/t16-,20+/m1/s1. The van der Waals surface area contributed by atoms with Crippen molar-refractivity contribution >= 4 is 49.2 Å². The molecule has 7 nitrogen and oxygen atoms in total. The van der Waals surface area contributed by atoms with E-state index in [-0.39, 0.29) is 28.4 Å². The zero-order chi connectivity index (χ0) is 25.9. The Morgan fingerprint density at radius 2 is 1.86 bits per heavy atom. The van der Waals surface area contributed by atoms with Crippen LogP contribution in [0.15, 0.2) is 51.8 Å². The Labute approximate surface area is 221 Å². The maximum absolute atomic E-state index is 14.9. The summed E-state index contributed by atoms with van der Waals surface area (Å²) >= 11 is 9.39. The van der Waals surface area contributed by atoms with Gasteiger partial charge >= 0.3 is 0 Å². The van der Waals surface area contributed by atoms with Crippen LogP contribution < -0.4 is 5.32 Å². The molecule has 0 bridgehead atoms. The maximum Gasteiger partial charge on any atom is 0.244 e. The normalized spacial score (nSPS) is 23.6. The first-order chi connectivity index (χ1) is 17.0. The zero-order valence-corrected chi connectivity index (χ0v) is 22.2. The van der Waals surface area contributed by atoms with Gasteiger partial charge in [-0.1, -0.05) is 45.7 Å². The summed E-state index contributed by atoms with van der Waals surface area (Å²) in [5, 5.41) is 11.1. The third kappa shape index (κ3) is 4.21. The van der Waals surface area contributed by atoms with Crippen LogP contribution in [0.4, 0.5) is 4.39 Å². The van der Waals surface area contributed by atoms with E-state index in [1.54, 1.807) is 24.3 Å². The van der Waals surface area contributed by atoms with E-state index in [9.17, 15) is 27.7 Å². The molecule has 11 heteroatoms. The third-order valence-corrected chi connectivity index (χ3v) is 10.5. The molecule has 0 unspecified atom stereocenters. The molecular formula is C25H22BrClFN3O4S. The quantitative estimate of drug-likeness (QED) is 0.546. The highest BCUT2D eigenvalue weighted by atomic mass is 79.9. The fourth-order valence-corrected chi connectivity index (χ4v) is 7.49. The summed E-state index contributed by atoms with van der Waals surface area (Å²) < 4.78 is 42.4. The minimum Gasteiger partial charge on any atom is -0.336 e. The van der Waals surface area contributed by atoms with E-state index in [1.807, 2.05) is 0 Å². The Hall–Kier alpha value is -2.48. The summed E-state index contributed by atoms with van der Waals surface area (Å²) in [6, 6.07) is 11.5. The van der Waals surface area contributed by atoms with Crippen molar-refractivity contribution in [1.29, 1.82) is 5.26 Å². The number of benzene rings is 2. The number of carbonyl (C=O) groups excluding carboxylic acids is 2. The van der Waals surface area contributed by atoms with Crippen LogP contribution in [0, 0.1) is 17.1 Å². The van der Waals surface area contributed by atoms with E-state index < -0.39 is 49.7 Å². The SMILES string of the molecule is N#CC1(NC(=O)[C@@H]2C[C@@H](S(=O)(=O)c3ccccc3Cl)CN2C(=O)C2(c3ccc(Br)cc3F)CC2)CC1. The summed E-state index contributed by atoms with van der Waals surface area (Å²) in [6.07, 6.45) is 1.61. The predicted octanol–water partition coefficient (Wildman–Crippen LogP) is 3.89. The lowest BCUT2D eigenvalue weighted by atomic mass is 9.93. The lowest BCUT2D eigenvalue weighted by Crippen LogP contribution is -2.51. The number of rotatable bonds is 6. The van der Waals surface area contributed by atoms with Crippen molar-refractivity contribution in [2.24, 2.45) is 0 Å². The molecule has 1 aliphatic heterocycles. The van der Waals surface area contributed by atoms with E-state index in [1.165, 1.54) is 23.1 Å². The van der Waals surface area contributed by atoms with Gasteiger partial charge in [0.2, 0.25) is 11.8 Å². The molecule has 2 atom stereocenters. The average Bonchev–Trinajstić information content (AvgIpc) is 3.75. The summed E-state index contributed by atoms with van der Waals surface area (Å²) in [6.45, 7) is -0.232. The molecule has 2 aromatic carbocycles. The molecule has 5 rings (SSSR count). The number of likely N-dealkylation sites (tertiary alicyclic amines) is 1. The molecular weight excluding hydrogens is 573 g/mol. The Kier molecular flexibility index (Phi) is 6.17. The second-order valence-electron chi connectivity index (χ2n) is 9.70. The summed E-state index contributed by atoms with van der Waals surface area (Å²) in [5.41, 5.74) is -1.91. The first-order valence-electron chi connectivity index (χ1n) is 11.5. The van der Waals surface area contributed by atoms with Gasteiger partial charge in [0.05, 0.1) is 26.7 Å². The van der Waals surface area contributed by atoms with Crippen LogP contribution in [-0.2, 0) is 24.8 Å². The molecule has 1 heterocycles. The average molecular weight is 595 g/mol. The van der Waals surface area contributed by atoms with Crippen molar-refractivity contribution < 1.29 is 22.4 Å². The second-order valence-corrected chi connectivity index (χ2v) is 13.2. The van der Waals surface area contributed by atoms with Gasteiger partial charge in [0, 0.05) is 16.6 Å². The molecule has 0 aromatic heterocycles. The number of hydrogen-bond donors (Lipinski definition) is 1. The van der Waals surface area contributed by atoms with Crippen LogP contribution in [-0.4, -0.2) is 48.5 Å². The largest absolute Gasteiger partial charge is 0.336 e. The Bertz CT molecular complexity index is 1420. The van der Waals surface area contributed by atoms with E-state index >= 15 is 0 Å². The molecule has 2 aliphatic carbocycles. The smallest absolute Gasteiger partial charge is 0.244 e. The van der Waals surface area contributed by atoms with Crippen LogP contribution in [0.3, 0.4) is 0 Å². The van der Waals surface area contributed by atoms with Gasteiger partial charge in [-0.3, -0.25) is 9.59 Å². The van der Waals surface area contributed by atoms with Crippen molar-refractivity contribution in [3.8, 4) is 6.07 Å². The molecule has 2 amide bonds. The van der Waals surface area contributed by atoms with Crippen LogP contribution >= 0.6 is 27.5 Å². The van der Waals surface area contributed by atoms with E-state index in [2.05, 4.69) is 27.3 Å². The van der Waals surface area contributed by atoms with Gasteiger partial charge in [0.15, 0.2) is 9.84 Å². The van der Waals surface area contributed by atoms with E-state index in [0.29, 0.717) is 30.2 Å². The van der Waals surface area contributed by atoms with Crippen molar-refractivity contribution in [3.63, 3.8) is 0 Å². The summed E-state index contributed by atoms with van der Waals surface area (Å²) in [5.74, 6) is -1.61. The van der Waals surface area contributed by atoms with Gasteiger partial charge in [-0.15, -0.1) is 0 Å².